The van der Waals surface area contributed by atoms with E-state index in [0.717, 1.165) is 31.1 Å². The number of likely N-dealkylation sites (tertiary alicyclic amines) is 1. The summed E-state index contributed by atoms with van der Waals surface area (Å²) >= 11 is 1.86. The minimum atomic E-state index is -0.911. The van der Waals surface area contributed by atoms with Crippen LogP contribution in [0.2, 0.25) is 0 Å². The maximum absolute atomic E-state index is 10.4. The SMILES string of the molecule is COc1ccc(CN2CCCC2)cc1OC#CC1(O)CCSCC1. The van der Waals surface area contributed by atoms with Gasteiger partial charge in [-0.05, 0) is 73.9 Å². The van der Waals surface area contributed by atoms with E-state index >= 15 is 0 Å². The summed E-state index contributed by atoms with van der Waals surface area (Å²) in [5.74, 6) is 6.07. The Labute approximate surface area is 148 Å². The van der Waals surface area contributed by atoms with Crippen LogP contribution in [0.4, 0.5) is 0 Å². The van der Waals surface area contributed by atoms with Gasteiger partial charge in [0.25, 0.3) is 0 Å². The summed E-state index contributed by atoms with van der Waals surface area (Å²) < 4.78 is 11.0. The number of ether oxygens (including phenoxy) is 2. The largest absolute Gasteiger partial charge is 0.493 e. The van der Waals surface area contributed by atoms with Crippen LogP contribution in [0.3, 0.4) is 0 Å². The number of thioether (sulfide) groups is 1. The van der Waals surface area contributed by atoms with E-state index < -0.39 is 5.60 Å². The van der Waals surface area contributed by atoms with Crippen LogP contribution in [0.15, 0.2) is 18.2 Å². The fourth-order valence-corrected chi connectivity index (χ4v) is 4.28. The topological polar surface area (TPSA) is 41.9 Å². The number of rotatable bonds is 4. The zero-order chi connectivity index (χ0) is 16.8. The molecule has 2 fully saturated rings. The zero-order valence-corrected chi connectivity index (χ0v) is 15.0. The van der Waals surface area contributed by atoms with Gasteiger partial charge in [-0.15, -0.1) is 0 Å². The number of benzene rings is 1. The Morgan fingerprint density at radius 1 is 1.21 bits per heavy atom. The average molecular weight is 347 g/mol. The molecular formula is C19H25NO3S. The maximum Gasteiger partial charge on any atom is 0.182 e. The molecule has 2 saturated heterocycles. The monoisotopic (exact) mass is 347 g/mol. The molecule has 0 amide bonds. The molecule has 3 rings (SSSR count). The van der Waals surface area contributed by atoms with Crippen molar-refractivity contribution in [2.45, 2.75) is 37.8 Å². The first-order chi connectivity index (χ1) is 11.7. The quantitative estimate of drug-likeness (QED) is 0.849. The van der Waals surface area contributed by atoms with Gasteiger partial charge in [0.05, 0.1) is 7.11 Å². The second-order valence-electron chi connectivity index (χ2n) is 6.44. The van der Waals surface area contributed by atoms with Crippen LogP contribution >= 0.6 is 11.8 Å². The lowest BCUT2D eigenvalue weighted by molar-refractivity contribution is 0.0920. The van der Waals surface area contributed by atoms with E-state index in [9.17, 15) is 5.11 Å². The fraction of sp³-hybridized carbons (Fsp3) is 0.579. The van der Waals surface area contributed by atoms with Gasteiger partial charge < -0.3 is 14.6 Å². The Morgan fingerprint density at radius 3 is 2.67 bits per heavy atom. The minimum Gasteiger partial charge on any atom is -0.493 e. The molecule has 0 unspecified atom stereocenters. The standard InChI is InChI=1S/C19H25NO3S/c1-22-17-5-4-16(15-20-9-2-3-10-20)14-18(17)23-11-6-19(21)7-12-24-13-8-19/h4-5,14,21H,2-3,7-10,12-13,15H2,1H3. The molecule has 0 saturated carbocycles. The van der Waals surface area contributed by atoms with Crippen LogP contribution in [0.5, 0.6) is 11.5 Å². The second-order valence-corrected chi connectivity index (χ2v) is 7.67. The molecule has 0 bridgehead atoms. The van der Waals surface area contributed by atoms with Gasteiger partial charge in [-0.1, -0.05) is 6.07 Å². The number of methoxy groups -OCH3 is 1. The van der Waals surface area contributed by atoms with E-state index in [1.54, 1.807) is 7.11 Å². The molecule has 1 aromatic carbocycles. The highest BCUT2D eigenvalue weighted by molar-refractivity contribution is 7.99. The van der Waals surface area contributed by atoms with E-state index in [4.69, 9.17) is 9.47 Å². The van der Waals surface area contributed by atoms with Gasteiger partial charge in [-0.25, -0.2) is 0 Å². The highest BCUT2D eigenvalue weighted by Gasteiger charge is 2.27. The first kappa shape index (κ1) is 17.5. The van der Waals surface area contributed by atoms with Crippen molar-refractivity contribution >= 4 is 11.8 Å². The molecule has 0 aliphatic carbocycles. The van der Waals surface area contributed by atoms with E-state index in [1.807, 2.05) is 23.9 Å². The predicted molar refractivity (Wildman–Crippen MR) is 97.4 cm³/mol. The molecule has 5 heteroatoms. The lowest BCUT2D eigenvalue weighted by Gasteiger charge is -2.25. The van der Waals surface area contributed by atoms with Crippen molar-refractivity contribution in [3.63, 3.8) is 0 Å². The van der Waals surface area contributed by atoms with Crippen molar-refractivity contribution in [2.24, 2.45) is 0 Å². The van der Waals surface area contributed by atoms with Crippen LogP contribution in [-0.4, -0.2) is 47.3 Å². The normalized spacial score (nSPS) is 20.2. The van der Waals surface area contributed by atoms with E-state index in [1.165, 1.54) is 18.4 Å². The third-order valence-corrected chi connectivity index (χ3v) is 5.58. The molecule has 2 aliphatic rings. The van der Waals surface area contributed by atoms with Crippen molar-refractivity contribution in [3.05, 3.63) is 23.8 Å². The van der Waals surface area contributed by atoms with E-state index in [-0.39, 0.29) is 0 Å². The first-order valence-corrected chi connectivity index (χ1v) is 9.72. The summed E-state index contributed by atoms with van der Waals surface area (Å²) in [7, 11) is 1.63. The van der Waals surface area contributed by atoms with Crippen molar-refractivity contribution in [3.8, 4) is 23.5 Å². The summed E-state index contributed by atoms with van der Waals surface area (Å²) in [4.78, 5) is 2.44. The molecule has 130 valence electrons. The maximum atomic E-state index is 10.4. The Kier molecular flexibility index (Phi) is 5.94. The van der Waals surface area contributed by atoms with Crippen LogP contribution in [-0.2, 0) is 6.54 Å². The Balaban J connectivity index is 1.68. The summed E-state index contributed by atoms with van der Waals surface area (Å²) in [5.41, 5.74) is 0.285. The van der Waals surface area contributed by atoms with Gasteiger partial charge in [0.15, 0.2) is 11.5 Å². The summed E-state index contributed by atoms with van der Waals surface area (Å²) in [6.45, 7) is 3.25. The Bertz CT molecular complexity index is 611. The molecule has 0 aromatic heterocycles. The number of nitrogens with zero attached hydrogens (tertiary/aromatic N) is 1. The smallest absolute Gasteiger partial charge is 0.182 e. The van der Waals surface area contributed by atoms with Gasteiger partial charge in [-0.2, -0.15) is 11.8 Å². The van der Waals surface area contributed by atoms with Gasteiger partial charge in [-0.3, -0.25) is 4.90 Å². The second kappa shape index (κ2) is 8.15. The van der Waals surface area contributed by atoms with Crippen LogP contribution < -0.4 is 9.47 Å². The van der Waals surface area contributed by atoms with Crippen LogP contribution in [0.25, 0.3) is 0 Å². The first-order valence-electron chi connectivity index (χ1n) is 8.57. The number of hydrogen-bond donors (Lipinski definition) is 1. The molecule has 2 aliphatic heterocycles. The zero-order valence-electron chi connectivity index (χ0n) is 14.2. The molecular weight excluding hydrogens is 322 g/mol. The summed E-state index contributed by atoms with van der Waals surface area (Å²) in [6, 6.07) is 5.99. The van der Waals surface area contributed by atoms with Crippen molar-refractivity contribution in [2.75, 3.05) is 31.7 Å². The summed E-state index contributed by atoms with van der Waals surface area (Å²) in [5, 5.41) is 10.4. The highest BCUT2D eigenvalue weighted by atomic mass is 32.2. The summed E-state index contributed by atoms with van der Waals surface area (Å²) in [6.07, 6.45) is 6.65. The van der Waals surface area contributed by atoms with Crippen molar-refractivity contribution in [1.82, 2.24) is 4.90 Å². The molecule has 0 radical (unpaired) electrons. The van der Waals surface area contributed by atoms with Gasteiger partial charge in [0.1, 0.15) is 11.7 Å². The molecule has 0 spiro atoms. The minimum absolute atomic E-state index is 0.621. The van der Waals surface area contributed by atoms with E-state index in [2.05, 4.69) is 23.0 Å². The molecule has 1 N–H and O–H groups in total. The number of aliphatic hydroxyl groups is 1. The molecule has 0 atom stereocenters. The third kappa shape index (κ3) is 4.60. The highest BCUT2D eigenvalue weighted by Crippen LogP contribution is 2.29. The van der Waals surface area contributed by atoms with Crippen molar-refractivity contribution < 1.29 is 14.6 Å². The van der Waals surface area contributed by atoms with Crippen LogP contribution in [0.1, 0.15) is 31.2 Å². The third-order valence-electron chi connectivity index (χ3n) is 4.60. The van der Waals surface area contributed by atoms with E-state index in [0.29, 0.717) is 24.3 Å². The van der Waals surface area contributed by atoms with Gasteiger partial charge >= 0.3 is 0 Å². The Morgan fingerprint density at radius 2 is 1.96 bits per heavy atom. The predicted octanol–water partition coefficient (Wildman–Crippen LogP) is 2.89. The molecule has 4 nitrogen and oxygen atoms in total. The Hall–Kier alpha value is -1.35. The fourth-order valence-electron chi connectivity index (χ4n) is 3.11. The van der Waals surface area contributed by atoms with Gasteiger partial charge in [0, 0.05) is 6.54 Å². The molecule has 2 heterocycles. The van der Waals surface area contributed by atoms with Gasteiger partial charge in [0.2, 0.25) is 0 Å². The number of hydrogen-bond acceptors (Lipinski definition) is 5. The molecule has 1 aromatic rings. The lowest BCUT2D eigenvalue weighted by atomic mass is 9.98. The molecule has 24 heavy (non-hydrogen) atoms. The van der Waals surface area contributed by atoms with Crippen molar-refractivity contribution in [1.29, 1.82) is 0 Å². The lowest BCUT2D eigenvalue weighted by Crippen LogP contribution is -2.31. The van der Waals surface area contributed by atoms with Crippen LogP contribution in [0, 0.1) is 12.0 Å². The average Bonchev–Trinajstić information content (AvgIpc) is 3.09.